The molecule has 2 rings (SSSR count). The lowest BCUT2D eigenvalue weighted by Gasteiger charge is -2.09. The van der Waals surface area contributed by atoms with Crippen LogP contribution in [0.3, 0.4) is 0 Å². The van der Waals surface area contributed by atoms with Crippen LogP contribution < -0.4 is 10.1 Å². The second-order valence-corrected chi connectivity index (χ2v) is 5.83. The van der Waals surface area contributed by atoms with Gasteiger partial charge in [-0.2, -0.15) is 0 Å². The normalized spacial score (nSPS) is 10.6. The zero-order chi connectivity index (χ0) is 17.2. The van der Waals surface area contributed by atoms with Crippen LogP contribution in [0, 0.1) is 0 Å². The summed E-state index contributed by atoms with van der Waals surface area (Å²) in [6.45, 7) is 5.78. The molecule has 1 N–H and O–H groups in total. The third-order valence-corrected chi connectivity index (χ3v) is 3.42. The molecule has 0 atom stereocenters. The maximum atomic E-state index is 12.0. The van der Waals surface area contributed by atoms with Gasteiger partial charge in [-0.1, -0.05) is 30.3 Å². The van der Waals surface area contributed by atoms with Gasteiger partial charge in [-0.05, 0) is 50.1 Å². The van der Waals surface area contributed by atoms with Gasteiger partial charge in [-0.3, -0.25) is 4.79 Å². The highest BCUT2D eigenvalue weighted by Crippen LogP contribution is 2.14. The van der Waals surface area contributed by atoms with E-state index in [9.17, 15) is 4.79 Å². The molecule has 0 aliphatic rings. The average Bonchev–Trinajstić information content (AvgIpc) is 2.60. The van der Waals surface area contributed by atoms with Crippen LogP contribution in [0.5, 0.6) is 5.75 Å². The van der Waals surface area contributed by atoms with Crippen molar-refractivity contribution in [1.82, 2.24) is 5.32 Å². The highest BCUT2D eigenvalue weighted by atomic mass is 16.5. The van der Waals surface area contributed by atoms with Gasteiger partial charge >= 0.3 is 0 Å². The van der Waals surface area contributed by atoms with Gasteiger partial charge in [-0.15, -0.1) is 0 Å². The standard InChI is InChI=1S/C20H25NO3/c1-16(2)23-14-6-13-21-20(22)18-9-11-19(12-10-18)24-15-17-7-4-3-5-8-17/h3-5,7-12,16H,6,13-15H2,1-2H3,(H,21,22). The Morgan fingerprint density at radius 1 is 1.04 bits per heavy atom. The van der Waals surface area contributed by atoms with Crippen molar-refractivity contribution in [1.29, 1.82) is 0 Å². The van der Waals surface area contributed by atoms with Crippen LogP contribution in [-0.2, 0) is 11.3 Å². The molecule has 0 saturated carbocycles. The topological polar surface area (TPSA) is 47.6 Å². The molecule has 0 saturated heterocycles. The van der Waals surface area contributed by atoms with E-state index in [1.807, 2.05) is 56.3 Å². The third-order valence-electron chi connectivity index (χ3n) is 3.42. The molecule has 0 aromatic heterocycles. The van der Waals surface area contributed by atoms with Gasteiger partial charge in [0.25, 0.3) is 5.91 Å². The zero-order valence-electron chi connectivity index (χ0n) is 14.3. The quantitative estimate of drug-likeness (QED) is 0.713. The molecule has 0 spiro atoms. The Hall–Kier alpha value is -2.33. The van der Waals surface area contributed by atoms with Crippen molar-refractivity contribution < 1.29 is 14.3 Å². The van der Waals surface area contributed by atoms with Gasteiger partial charge in [0.1, 0.15) is 12.4 Å². The van der Waals surface area contributed by atoms with E-state index in [-0.39, 0.29) is 12.0 Å². The van der Waals surface area contributed by atoms with Crippen molar-refractivity contribution in [2.45, 2.75) is 33.0 Å². The van der Waals surface area contributed by atoms with Crippen LogP contribution in [0.4, 0.5) is 0 Å². The molecule has 0 unspecified atom stereocenters. The maximum absolute atomic E-state index is 12.0. The molecule has 2 aromatic rings. The minimum Gasteiger partial charge on any atom is -0.489 e. The molecule has 0 aliphatic carbocycles. The number of amides is 1. The Morgan fingerprint density at radius 3 is 2.42 bits per heavy atom. The molecule has 0 aliphatic heterocycles. The predicted molar refractivity (Wildman–Crippen MR) is 95.3 cm³/mol. The number of rotatable bonds is 9. The summed E-state index contributed by atoms with van der Waals surface area (Å²) >= 11 is 0. The molecule has 0 bridgehead atoms. The summed E-state index contributed by atoms with van der Waals surface area (Å²) in [5.41, 5.74) is 1.75. The van der Waals surface area contributed by atoms with E-state index in [1.54, 1.807) is 12.1 Å². The molecule has 24 heavy (non-hydrogen) atoms. The lowest BCUT2D eigenvalue weighted by atomic mass is 10.2. The molecule has 4 heteroatoms. The Balaban J connectivity index is 1.73. The van der Waals surface area contributed by atoms with Crippen LogP contribution in [0.15, 0.2) is 54.6 Å². The summed E-state index contributed by atoms with van der Waals surface area (Å²) in [6, 6.07) is 17.2. The first-order valence-electron chi connectivity index (χ1n) is 8.32. The predicted octanol–water partition coefficient (Wildman–Crippen LogP) is 3.81. The monoisotopic (exact) mass is 327 g/mol. The van der Waals surface area contributed by atoms with Gasteiger partial charge in [0.15, 0.2) is 0 Å². The Kier molecular flexibility index (Phi) is 7.30. The number of benzene rings is 2. The minimum atomic E-state index is -0.0749. The Labute approximate surface area is 143 Å². The largest absolute Gasteiger partial charge is 0.489 e. The fraction of sp³-hybridized carbons (Fsp3) is 0.350. The van der Waals surface area contributed by atoms with E-state index in [0.717, 1.165) is 17.7 Å². The molecular formula is C20H25NO3. The average molecular weight is 327 g/mol. The molecule has 1 amide bonds. The first-order valence-corrected chi connectivity index (χ1v) is 8.32. The highest BCUT2D eigenvalue weighted by Gasteiger charge is 2.05. The smallest absolute Gasteiger partial charge is 0.251 e. The summed E-state index contributed by atoms with van der Waals surface area (Å²) in [6.07, 6.45) is 1.03. The van der Waals surface area contributed by atoms with E-state index >= 15 is 0 Å². The minimum absolute atomic E-state index is 0.0749. The molecule has 2 aromatic carbocycles. The Morgan fingerprint density at radius 2 is 1.75 bits per heavy atom. The summed E-state index contributed by atoms with van der Waals surface area (Å²) in [5, 5.41) is 2.89. The fourth-order valence-corrected chi connectivity index (χ4v) is 2.14. The van der Waals surface area contributed by atoms with Crippen LogP contribution >= 0.6 is 0 Å². The van der Waals surface area contributed by atoms with Crippen molar-refractivity contribution in [2.75, 3.05) is 13.2 Å². The van der Waals surface area contributed by atoms with E-state index in [1.165, 1.54) is 0 Å². The van der Waals surface area contributed by atoms with Gasteiger partial charge < -0.3 is 14.8 Å². The van der Waals surface area contributed by atoms with Crippen LogP contribution in [0.25, 0.3) is 0 Å². The van der Waals surface area contributed by atoms with E-state index in [2.05, 4.69) is 5.32 Å². The third kappa shape index (κ3) is 6.42. The number of hydrogen-bond acceptors (Lipinski definition) is 3. The van der Waals surface area contributed by atoms with Gasteiger partial charge in [-0.25, -0.2) is 0 Å². The second kappa shape index (κ2) is 9.73. The molecule has 0 fully saturated rings. The Bertz CT molecular complexity index is 609. The van der Waals surface area contributed by atoms with Gasteiger partial charge in [0.2, 0.25) is 0 Å². The molecule has 4 nitrogen and oxygen atoms in total. The van der Waals surface area contributed by atoms with Crippen LogP contribution in [-0.4, -0.2) is 25.2 Å². The fourth-order valence-electron chi connectivity index (χ4n) is 2.14. The van der Waals surface area contributed by atoms with Gasteiger partial charge in [0.05, 0.1) is 6.10 Å². The van der Waals surface area contributed by atoms with Crippen molar-refractivity contribution in [3.63, 3.8) is 0 Å². The van der Waals surface area contributed by atoms with E-state index in [0.29, 0.717) is 25.3 Å². The van der Waals surface area contributed by atoms with Crippen molar-refractivity contribution in [3.05, 3.63) is 65.7 Å². The lowest BCUT2D eigenvalue weighted by Crippen LogP contribution is -2.25. The SMILES string of the molecule is CC(C)OCCCNC(=O)c1ccc(OCc2ccccc2)cc1. The van der Waals surface area contributed by atoms with Crippen LogP contribution in [0.1, 0.15) is 36.2 Å². The van der Waals surface area contributed by atoms with Crippen LogP contribution in [0.2, 0.25) is 0 Å². The summed E-state index contributed by atoms with van der Waals surface area (Å²) in [7, 11) is 0. The molecule has 0 radical (unpaired) electrons. The summed E-state index contributed by atoms with van der Waals surface area (Å²) in [4.78, 5) is 12.0. The number of carbonyl (C=O) groups excluding carboxylic acids is 1. The van der Waals surface area contributed by atoms with Crippen molar-refractivity contribution >= 4 is 5.91 Å². The second-order valence-electron chi connectivity index (χ2n) is 5.83. The number of ether oxygens (including phenoxy) is 2. The maximum Gasteiger partial charge on any atom is 0.251 e. The molecule has 0 heterocycles. The lowest BCUT2D eigenvalue weighted by molar-refractivity contribution is 0.0757. The first kappa shape index (κ1) is 18.0. The molecule has 128 valence electrons. The van der Waals surface area contributed by atoms with Gasteiger partial charge in [0, 0.05) is 18.7 Å². The number of carbonyl (C=O) groups is 1. The van der Waals surface area contributed by atoms with E-state index in [4.69, 9.17) is 9.47 Å². The zero-order valence-corrected chi connectivity index (χ0v) is 14.3. The van der Waals surface area contributed by atoms with Crippen molar-refractivity contribution in [2.24, 2.45) is 0 Å². The van der Waals surface area contributed by atoms with E-state index < -0.39 is 0 Å². The van der Waals surface area contributed by atoms with Crippen molar-refractivity contribution in [3.8, 4) is 5.75 Å². The first-order chi connectivity index (χ1) is 11.6. The summed E-state index contributed by atoms with van der Waals surface area (Å²) in [5.74, 6) is 0.676. The summed E-state index contributed by atoms with van der Waals surface area (Å²) < 4.78 is 11.2. The number of nitrogens with one attached hydrogen (secondary N) is 1. The number of hydrogen-bond donors (Lipinski definition) is 1. The highest BCUT2D eigenvalue weighted by molar-refractivity contribution is 5.94. The molecular weight excluding hydrogens is 302 g/mol.